The summed E-state index contributed by atoms with van der Waals surface area (Å²) in [6, 6.07) is 10.5. The van der Waals surface area contributed by atoms with E-state index in [1.165, 1.54) is 30.5 Å². The molecule has 0 radical (unpaired) electrons. The molecule has 0 unspecified atom stereocenters. The third-order valence-electron chi connectivity index (χ3n) is 2.57. The SMILES string of the molecule is O=Nc1cccc(/C=N/NC(=O)c2ccc(O)c(Cl)c2)c1. The number of carbonyl (C=O) groups is 1. The van der Waals surface area contributed by atoms with Gasteiger partial charge in [0.15, 0.2) is 0 Å². The summed E-state index contributed by atoms with van der Waals surface area (Å²) >= 11 is 5.71. The Kier molecular flexibility index (Phi) is 4.63. The van der Waals surface area contributed by atoms with Crippen molar-refractivity contribution in [1.29, 1.82) is 0 Å². The number of hydrogen-bond acceptors (Lipinski definition) is 5. The molecule has 6 nitrogen and oxygen atoms in total. The lowest BCUT2D eigenvalue weighted by molar-refractivity contribution is 0.0955. The van der Waals surface area contributed by atoms with Crippen molar-refractivity contribution in [1.82, 2.24) is 5.43 Å². The molecule has 0 atom stereocenters. The van der Waals surface area contributed by atoms with Gasteiger partial charge in [0.25, 0.3) is 5.91 Å². The predicted octanol–water partition coefficient (Wildman–Crippen LogP) is 3.21. The zero-order valence-corrected chi connectivity index (χ0v) is 11.4. The van der Waals surface area contributed by atoms with Gasteiger partial charge in [-0.15, -0.1) is 4.91 Å². The van der Waals surface area contributed by atoms with Crippen molar-refractivity contribution >= 4 is 29.4 Å². The maximum atomic E-state index is 11.8. The Labute approximate surface area is 125 Å². The molecule has 0 aliphatic heterocycles. The fourth-order valence-electron chi connectivity index (χ4n) is 1.54. The molecular weight excluding hydrogens is 294 g/mol. The lowest BCUT2D eigenvalue weighted by Crippen LogP contribution is -2.17. The first-order chi connectivity index (χ1) is 10.1. The zero-order chi connectivity index (χ0) is 15.2. The minimum atomic E-state index is -0.474. The summed E-state index contributed by atoms with van der Waals surface area (Å²) in [5.41, 5.74) is 3.47. The van der Waals surface area contributed by atoms with Crippen molar-refractivity contribution in [2.45, 2.75) is 0 Å². The van der Waals surface area contributed by atoms with E-state index in [9.17, 15) is 14.8 Å². The Bertz CT molecular complexity index is 716. The number of nitroso groups, excluding NO2 is 1. The second kappa shape index (κ2) is 6.62. The molecule has 1 amide bonds. The fourth-order valence-corrected chi connectivity index (χ4v) is 1.72. The average Bonchev–Trinajstić information content (AvgIpc) is 2.50. The van der Waals surface area contributed by atoms with Crippen LogP contribution in [-0.4, -0.2) is 17.2 Å². The maximum absolute atomic E-state index is 11.8. The van der Waals surface area contributed by atoms with Crippen LogP contribution in [0, 0.1) is 4.91 Å². The minimum Gasteiger partial charge on any atom is -0.506 e. The van der Waals surface area contributed by atoms with E-state index in [1.807, 2.05) is 0 Å². The molecule has 0 heterocycles. The highest BCUT2D eigenvalue weighted by Crippen LogP contribution is 2.23. The molecule has 0 saturated heterocycles. The number of aromatic hydroxyl groups is 1. The Morgan fingerprint density at radius 1 is 1.24 bits per heavy atom. The summed E-state index contributed by atoms with van der Waals surface area (Å²) < 4.78 is 0. The van der Waals surface area contributed by atoms with Gasteiger partial charge >= 0.3 is 0 Å². The summed E-state index contributed by atoms with van der Waals surface area (Å²) in [7, 11) is 0. The van der Waals surface area contributed by atoms with Crippen molar-refractivity contribution in [3.63, 3.8) is 0 Å². The molecule has 106 valence electrons. The van der Waals surface area contributed by atoms with Gasteiger partial charge in [-0.05, 0) is 41.1 Å². The van der Waals surface area contributed by atoms with Crippen molar-refractivity contribution in [3.05, 3.63) is 63.5 Å². The topological polar surface area (TPSA) is 91.1 Å². The molecule has 21 heavy (non-hydrogen) atoms. The van der Waals surface area contributed by atoms with E-state index in [-0.39, 0.29) is 22.0 Å². The van der Waals surface area contributed by atoms with E-state index in [0.29, 0.717) is 5.56 Å². The van der Waals surface area contributed by atoms with Crippen molar-refractivity contribution < 1.29 is 9.90 Å². The van der Waals surface area contributed by atoms with Crippen LogP contribution in [0.4, 0.5) is 5.69 Å². The number of hydrogen-bond donors (Lipinski definition) is 2. The molecule has 7 heteroatoms. The van der Waals surface area contributed by atoms with Gasteiger partial charge in [0.1, 0.15) is 11.4 Å². The third kappa shape index (κ3) is 3.87. The van der Waals surface area contributed by atoms with Crippen LogP contribution in [0.25, 0.3) is 0 Å². The number of halogens is 1. The molecule has 0 aliphatic carbocycles. The largest absolute Gasteiger partial charge is 0.506 e. The molecular formula is C14H10ClN3O3. The highest BCUT2D eigenvalue weighted by Gasteiger charge is 2.07. The van der Waals surface area contributed by atoms with E-state index < -0.39 is 5.91 Å². The van der Waals surface area contributed by atoms with Crippen molar-refractivity contribution in [2.24, 2.45) is 10.3 Å². The second-order valence-corrected chi connectivity index (χ2v) is 4.46. The number of amides is 1. The number of rotatable bonds is 4. The lowest BCUT2D eigenvalue weighted by Gasteiger charge is -2.01. The van der Waals surface area contributed by atoms with Crippen LogP contribution < -0.4 is 5.43 Å². The van der Waals surface area contributed by atoms with Gasteiger partial charge in [0.05, 0.1) is 11.2 Å². The number of nitrogens with zero attached hydrogens (tertiary/aromatic N) is 2. The first-order valence-corrected chi connectivity index (χ1v) is 6.23. The normalized spacial score (nSPS) is 10.5. The summed E-state index contributed by atoms with van der Waals surface area (Å²) in [5.74, 6) is -0.576. The minimum absolute atomic E-state index is 0.0800. The molecule has 2 N–H and O–H groups in total. The lowest BCUT2D eigenvalue weighted by atomic mass is 10.2. The molecule has 2 rings (SSSR count). The first-order valence-electron chi connectivity index (χ1n) is 5.85. The standard InChI is InChI=1S/C14H10ClN3O3/c15-12-7-10(4-5-13(12)19)14(20)17-16-8-9-2-1-3-11(6-9)18-21/h1-8,19H,(H,17,20)/b16-8+. The molecule has 2 aromatic rings. The average molecular weight is 304 g/mol. The Morgan fingerprint density at radius 3 is 2.76 bits per heavy atom. The molecule has 0 saturated carbocycles. The highest BCUT2D eigenvalue weighted by atomic mass is 35.5. The van der Waals surface area contributed by atoms with Gasteiger partial charge in [-0.2, -0.15) is 5.10 Å². The summed E-state index contributed by atoms with van der Waals surface area (Å²) in [5, 5.41) is 15.9. The third-order valence-corrected chi connectivity index (χ3v) is 2.87. The number of phenolic OH excluding ortho intramolecular Hbond substituents is 1. The predicted molar refractivity (Wildman–Crippen MR) is 80.1 cm³/mol. The van der Waals surface area contributed by atoms with Gasteiger partial charge in [-0.1, -0.05) is 23.7 Å². The summed E-state index contributed by atoms with van der Waals surface area (Å²) in [6.07, 6.45) is 1.38. The van der Waals surface area contributed by atoms with Gasteiger partial charge in [-0.3, -0.25) is 4.79 Å². The van der Waals surface area contributed by atoms with Gasteiger partial charge < -0.3 is 5.11 Å². The summed E-state index contributed by atoms with van der Waals surface area (Å²) in [6.45, 7) is 0. The van der Waals surface area contributed by atoms with Crippen LogP contribution in [-0.2, 0) is 0 Å². The van der Waals surface area contributed by atoms with Crippen LogP contribution >= 0.6 is 11.6 Å². The number of nitrogens with one attached hydrogen (secondary N) is 1. The van der Waals surface area contributed by atoms with Crippen LogP contribution in [0.2, 0.25) is 5.02 Å². The molecule has 0 fully saturated rings. The van der Waals surface area contributed by atoms with E-state index >= 15 is 0 Å². The van der Waals surface area contributed by atoms with Gasteiger partial charge in [0.2, 0.25) is 0 Å². The Morgan fingerprint density at radius 2 is 2.05 bits per heavy atom. The van der Waals surface area contributed by atoms with Gasteiger partial charge in [-0.25, -0.2) is 5.43 Å². The van der Waals surface area contributed by atoms with E-state index in [1.54, 1.807) is 18.2 Å². The van der Waals surface area contributed by atoms with E-state index in [2.05, 4.69) is 15.7 Å². The number of hydrazone groups is 1. The number of phenols is 1. The van der Waals surface area contributed by atoms with Crippen LogP contribution in [0.5, 0.6) is 5.75 Å². The van der Waals surface area contributed by atoms with E-state index in [4.69, 9.17) is 11.6 Å². The first kappa shape index (κ1) is 14.7. The van der Waals surface area contributed by atoms with E-state index in [0.717, 1.165) is 0 Å². The fraction of sp³-hybridized carbons (Fsp3) is 0. The quantitative estimate of drug-likeness (QED) is 0.516. The molecule has 0 spiro atoms. The zero-order valence-electron chi connectivity index (χ0n) is 10.7. The smallest absolute Gasteiger partial charge is 0.271 e. The van der Waals surface area contributed by atoms with Gasteiger partial charge in [0, 0.05) is 5.56 Å². The molecule has 0 aliphatic rings. The molecule has 2 aromatic carbocycles. The van der Waals surface area contributed by atoms with Crippen molar-refractivity contribution in [2.75, 3.05) is 0 Å². The van der Waals surface area contributed by atoms with Crippen molar-refractivity contribution in [3.8, 4) is 5.75 Å². The summed E-state index contributed by atoms with van der Waals surface area (Å²) in [4.78, 5) is 22.2. The Balaban J connectivity index is 2.04. The number of carbonyl (C=O) groups excluding carboxylic acids is 1. The number of benzene rings is 2. The Hall–Kier alpha value is -2.73. The van der Waals surface area contributed by atoms with Crippen LogP contribution in [0.15, 0.2) is 52.7 Å². The van der Waals surface area contributed by atoms with Crippen LogP contribution in [0.1, 0.15) is 15.9 Å². The monoisotopic (exact) mass is 303 g/mol. The maximum Gasteiger partial charge on any atom is 0.271 e. The molecule has 0 aromatic heterocycles. The highest BCUT2D eigenvalue weighted by molar-refractivity contribution is 6.32. The molecule has 0 bridgehead atoms. The second-order valence-electron chi connectivity index (χ2n) is 4.05. The van der Waals surface area contributed by atoms with Crippen LogP contribution in [0.3, 0.4) is 0 Å².